The van der Waals surface area contributed by atoms with Crippen molar-refractivity contribution in [3.8, 4) is 5.75 Å². The Balaban J connectivity index is 1.87. The Hall–Kier alpha value is -1.81. The molecule has 0 atom stereocenters. The SMILES string of the molecule is O=C(Nc1cccc2c1OCC2)c1cccs1. The molecule has 2 heterocycles. The normalized spacial score (nSPS) is 12.9. The topological polar surface area (TPSA) is 38.3 Å². The first-order valence-corrected chi connectivity index (χ1v) is 6.32. The van der Waals surface area contributed by atoms with E-state index in [0.717, 1.165) is 23.4 Å². The van der Waals surface area contributed by atoms with Crippen molar-refractivity contribution < 1.29 is 9.53 Å². The molecule has 1 N–H and O–H groups in total. The average molecular weight is 245 g/mol. The highest BCUT2D eigenvalue weighted by Gasteiger charge is 2.17. The van der Waals surface area contributed by atoms with Gasteiger partial charge in [0.25, 0.3) is 5.91 Å². The van der Waals surface area contributed by atoms with Crippen LogP contribution < -0.4 is 10.1 Å². The molecule has 1 aromatic heterocycles. The van der Waals surface area contributed by atoms with E-state index in [2.05, 4.69) is 5.32 Å². The standard InChI is InChI=1S/C13H11NO2S/c15-13(11-5-2-8-17-11)14-10-4-1-3-9-6-7-16-12(9)10/h1-5,8H,6-7H2,(H,14,15). The molecule has 1 aliphatic heterocycles. The summed E-state index contributed by atoms with van der Waals surface area (Å²) in [6.07, 6.45) is 0.915. The van der Waals surface area contributed by atoms with Crippen LogP contribution in [0.5, 0.6) is 5.75 Å². The Bertz CT molecular complexity index is 549. The summed E-state index contributed by atoms with van der Waals surface area (Å²) in [5.74, 6) is 0.737. The molecule has 2 aromatic rings. The number of hydrogen-bond donors (Lipinski definition) is 1. The van der Waals surface area contributed by atoms with E-state index in [4.69, 9.17) is 4.74 Å². The summed E-state index contributed by atoms with van der Waals surface area (Å²) in [7, 11) is 0. The van der Waals surface area contributed by atoms with Gasteiger partial charge in [-0.2, -0.15) is 0 Å². The molecule has 3 rings (SSSR count). The number of carbonyl (C=O) groups is 1. The summed E-state index contributed by atoms with van der Waals surface area (Å²) in [4.78, 5) is 12.6. The summed E-state index contributed by atoms with van der Waals surface area (Å²) in [5.41, 5.74) is 1.92. The van der Waals surface area contributed by atoms with Crippen molar-refractivity contribution in [2.24, 2.45) is 0 Å². The number of fused-ring (bicyclic) bond motifs is 1. The van der Waals surface area contributed by atoms with Crippen LogP contribution in [0.4, 0.5) is 5.69 Å². The number of ether oxygens (including phenoxy) is 1. The molecular formula is C13H11NO2S. The largest absolute Gasteiger partial charge is 0.491 e. The molecule has 3 nitrogen and oxygen atoms in total. The van der Waals surface area contributed by atoms with Gasteiger partial charge in [0, 0.05) is 6.42 Å². The Kier molecular flexibility index (Phi) is 2.57. The van der Waals surface area contributed by atoms with Crippen molar-refractivity contribution in [1.29, 1.82) is 0 Å². The zero-order chi connectivity index (χ0) is 11.7. The number of rotatable bonds is 2. The van der Waals surface area contributed by atoms with E-state index in [1.165, 1.54) is 11.3 Å². The lowest BCUT2D eigenvalue weighted by Crippen LogP contribution is -2.10. The van der Waals surface area contributed by atoms with E-state index >= 15 is 0 Å². The molecule has 0 radical (unpaired) electrons. The summed E-state index contributed by atoms with van der Waals surface area (Å²) in [5, 5.41) is 4.78. The van der Waals surface area contributed by atoms with Gasteiger partial charge < -0.3 is 10.1 Å². The van der Waals surface area contributed by atoms with Crippen molar-refractivity contribution in [1.82, 2.24) is 0 Å². The molecule has 1 aromatic carbocycles. The van der Waals surface area contributed by atoms with Gasteiger partial charge in [-0.25, -0.2) is 0 Å². The van der Waals surface area contributed by atoms with Gasteiger partial charge in [0.2, 0.25) is 0 Å². The summed E-state index contributed by atoms with van der Waals surface area (Å²) in [6, 6.07) is 9.52. The molecule has 4 heteroatoms. The highest BCUT2D eigenvalue weighted by molar-refractivity contribution is 7.12. The Morgan fingerprint density at radius 1 is 1.29 bits per heavy atom. The van der Waals surface area contributed by atoms with Gasteiger partial charge in [0.05, 0.1) is 17.2 Å². The fourth-order valence-electron chi connectivity index (χ4n) is 1.91. The Morgan fingerprint density at radius 3 is 3.06 bits per heavy atom. The third-order valence-electron chi connectivity index (χ3n) is 2.71. The number of carbonyl (C=O) groups excluding carboxylic acids is 1. The Labute approximate surface area is 103 Å². The van der Waals surface area contributed by atoms with Crippen molar-refractivity contribution in [3.63, 3.8) is 0 Å². The molecule has 0 bridgehead atoms. The van der Waals surface area contributed by atoms with Crippen LogP contribution in [-0.2, 0) is 6.42 Å². The first kappa shape index (κ1) is 10.4. The van der Waals surface area contributed by atoms with Crippen molar-refractivity contribution in [2.75, 3.05) is 11.9 Å². The minimum Gasteiger partial charge on any atom is -0.491 e. The lowest BCUT2D eigenvalue weighted by atomic mass is 10.1. The van der Waals surface area contributed by atoms with Gasteiger partial charge in [-0.1, -0.05) is 18.2 Å². The maximum Gasteiger partial charge on any atom is 0.265 e. The number of amides is 1. The van der Waals surface area contributed by atoms with E-state index in [0.29, 0.717) is 11.5 Å². The van der Waals surface area contributed by atoms with Gasteiger partial charge >= 0.3 is 0 Å². The molecule has 0 aliphatic carbocycles. The molecule has 0 saturated heterocycles. The molecule has 86 valence electrons. The van der Waals surface area contributed by atoms with E-state index in [9.17, 15) is 4.79 Å². The second kappa shape index (κ2) is 4.22. The first-order valence-electron chi connectivity index (χ1n) is 5.44. The van der Waals surface area contributed by atoms with Crippen LogP contribution in [0.1, 0.15) is 15.2 Å². The minimum atomic E-state index is -0.0797. The number of nitrogens with one attached hydrogen (secondary N) is 1. The molecule has 0 unspecified atom stereocenters. The Morgan fingerprint density at radius 2 is 2.24 bits per heavy atom. The van der Waals surface area contributed by atoms with Crippen LogP contribution >= 0.6 is 11.3 Å². The third kappa shape index (κ3) is 1.91. The van der Waals surface area contributed by atoms with Gasteiger partial charge in [0.15, 0.2) is 0 Å². The molecular weight excluding hydrogens is 234 g/mol. The summed E-state index contributed by atoms with van der Waals surface area (Å²) < 4.78 is 5.54. The maximum absolute atomic E-state index is 11.9. The van der Waals surface area contributed by atoms with Gasteiger partial charge in [0.1, 0.15) is 5.75 Å². The second-order valence-corrected chi connectivity index (χ2v) is 4.77. The van der Waals surface area contributed by atoms with E-state index < -0.39 is 0 Å². The number of hydrogen-bond acceptors (Lipinski definition) is 3. The first-order chi connectivity index (χ1) is 8.34. The van der Waals surface area contributed by atoms with Gasteiger partial charge in [-0.05, 0) is 23.1 Å². The zero-order valence-corrected chi connectivity index (χ0v) is 9.92. The zero-order valence-electron chi connectivity index (χ0n) is 9.10. The smallest absolute Gasteiger partial charge is 0.265 e. The van der Waals surface area contributed by atoms with Crippen molar-refractivity contribution in [3.05, 3.63) is 46.2 Å². The lowest BCUT2D eigenvalue weighted by Gasteiger charge is -2.08. The quantitative estimate of drug-likeness (QED) is 0.883. The molecule has 1 amide bonds. The second-order valence-electron chi connectivity index (χ2n) is 3.82. The summed E-state index contributed by atoms with van der Waals surface area (Å²) in [6.45, 7) is 0.696. The molecule has 17 heavy (non-hydrogen) atoms. The monoisotopic (exact) mass is 245 g/mol. The average Bonchev–Trinajstić information content (AvgIpc) is 3.00. The van der Waals surface area contributed by atoms with Crippen LogP contribution in [-0.4, -0.2) is 12.5 Å². The third-order valence-corrected chi connectivity index (χ3v) is 3.58. The molecule has 0 spiro atoms. The molecule has 1 aliphatic rings. The van der Waals surface area contributed by atoms with Crippen molar-refractivity contribution in [2.45, 2.75) is 6.42 Å². The van der Waals surface area contributed by atoms with Crippen LogP contribution in [0.25, 0.3) is 0 Å². The number of anilines is 1. The molecule has 0 fully saturated rings. The minimum absolute atomic E-state index is 0.0797. The van der Waals surface area contributed by atoms with Crippen LogP contribution in [0.2, 0.25) is 0 Å². The predicted molar refractivity (Wildman–Crippen MR) is 67.9 cm³/mol. The van der Waals surface area contributed by atoms with Crippen LogP contribution in [0.15, 0.2) is 35.7 Å². The number of benzene rings is 1. The fourth-order valence-corrected chi connectivity index (χ4v) is 2.52. The maximum atomic E-state index is 11.9. The molecule has 0 saturated carbocycles. The van der Waals surface area contributed by atoms with E-state index in [1.807, 2.05) is 35.7 Å². The fraction of sp³-hybridized carbons (Fsp3) is 0.154. The lowest BCUT2D eigenvalue weighted by molar-refractivity contribution is 0.103. The highest BCUT2D eigenvalue weighted by Crippen LogP contribution is 2.33. The highest BCUT2D eigenvalue weighted by atomic mass is 32.1. The summed E-state index contributed by atoms with van der Waals surface area (Å²) >= 11 is 1.43. The van der Waals surface area contributed by atoms with Gasteiger partial charge in [-0.15, -0.1) is 11.3 Å². The van der Waals surface area contributed by atoms with E-state index in [1.54, 1.807) is 0 Å². The van der Waals surface area contributed by atoms with Gasteiger partial charge in [-0.3, -0.25) is 4.79 Å². The predicted octanol–water partition coefficient (Wildman–Crippen LogP) is 2.94. The number of para-hydroxylation sites is 1. The van der Waals surface area contributed by atoms with Crippen LogP contribution in [0.3, 0.4) is 0 Å². The van der Waals surface area contributed by atoms with Crippen LogP contribution in [0, 0.1) is 0 Å². The van der Waals surface area contributed by atoms with Crippen molar-refractivity contribution >= 4 is 22.9 Å². The van der Waals surface area contributed by atoms with E-state index in [-0.39, 0.29) is 5.91 Å². The number of thiophene rings is 1.